The van der Waals surface area contributed by atoms with E-state index in [0.29, 0.717) is 21.5 Å². The molecule has 0 heterocycles. The smallest absolute Gasteiger partial charge is 0.161 e. The monoisotopic (exact) mass is 338 g/mol. The Kier molecular flexibility index (Phi) is 5.52. The van der Waals surface area contributed by atoms with Crippen LogP contribution in [0.15, 0.2) is 41.5 Å². The summed E-state index contributed by atoms with van der Waals surface area (Å²) in [6, 6.07) is 10.9. The van der Waals surface area contributed by atoms with E-state index in [1.165, 1.54) is 0 Å². The Hall–Kier alpha value is -1.91. The fourth-order valence-corrected chi connectivity index (χ4v) is 2.14. The first-order valence-electron chi connectivity index (χ1n) is 6.53. The fraction of sp³-hybridized carbons (Fsp3) is 0.188. The molecular formula is C16H16Cl2N2O2. The molecule has 1 N–H and O–H groups in total. The minimum Gasteiger partial charge on any atom is -0.493 e. The summed E-state index contributed by atoms with van der Waals surface area (Å²) in [5, 5.41) is 5.32. The molecule has 0 spiro atoms. The van der Waals surface area contributed by atoms with E-state index in [-0.39, 0.29) is 0 Å². The summed E-state index contributed by atoms with van der Waals surface area (Å²) < 4.78 is 10.5. The number of anilines is 1. The van der Waals surface area contributed by atoms with E-state index in [1.807, 2.05) is 25.1 Å². The highest BCUT2D eigenvalue weighted by Gasteiger charge is 2.06. The van der Waals surface area contributed by atoms with Gasteiger partial charge in [-0.25, -0.2) is 0 Å². The summed E-state index contributed by atoms with van der Waals surface area (Å²) in [7, 11) is 3.20. The van der Waals surface area contributed by atoms with E-state index < -0.39 is 0 Å². The molecule has 0 aliphatic carbocycles. The van der Waals surface area contributed by atoms with Gasteiger partial charge in [-0.2, -0.15) is 5.10 Å². The number of hydrogen-bond acceptors (Lipinski definition) is 4. The lowest BCUT2D eigenvalue weighted by Crippen LogP contribution is -2.01. The van der Waals surface area contributed by atoms with Crippen LogP contribution < -0.4 is 14.9 Å². The number of nitrogens with one attached hydrogen (secondary N) is 1. The number of hydrazone groups is 1. The van der Waals surface area contributed by atoms with Crippen LogP contribution in [-0.2, 0) is 0 Å². The van der Waals surface area contributed by atoms with Crippen molar-refractivity contribution < 1.29 is 9.47 Å². The SMILES string of the molecule is COc1ccc(/C(C)=N/Nc2ccc(Cl)c(Cl)c2)cc1OC. The molecular weight excluding hydrogens is 323 g/mol. The third-order valence-corrected chi connectivity index (χ3v) is 3.81. The first kappa shape index (κ1) is 16.5. The summed E-state index contributed by atoms with van der Waals surface area (Å²) in [5.74, 6) is 1.33. The van der Waals surface area contributed by atoms with Gasteiger partial charge in [-0.05, 0) is 43.3 Å². The zero-order valence-corrected chi connectivity index (χ0v) is 14.0. The molecule has 0 fully saturated rings. The van der Waals surface area contributed by atoms with Gasteiger partial charge in [0.05, 0.1) is 35.7 Å². The van der Waals surface area contributed by atoms with Crippen molar-refractivity contribution in [3.8, 4) is 11.5 Å². The van der Waals surface area contributed by atoms with Crippen LogP contribution in [-0.4, -0.2) is 19.9 Å². The van der Waals surface area contributed by atoms with Crippen molar-refractivity contribution in [1.82, 2.24) is 0 Å². The molecule has 0 unspecified atom stereocenters. The molecule has 0 bridgehead atoms. The first-order chi connectivity index (χ1) is 10.5. The Morgan fingerprint density at radius 3 is 2.32 bits per heavy atom. The van der Waals surface area contributed by atoms with E-state index in [1.54, 1.807) is 32.4 Å². The van der Waals surface area contributed by atoms with Gasteiger partial charge in [0.15, 0.2) is 11.5 Å². The van der Waals surface area contributed by atoms with Crippen molar-refractivity contribution in [1.29, 1.82) is 0 Å². The number of nitrogens with zero attached hydrogens (tertiary/aromatic N) is 1. The Morgan fingerprint density at radius 1 is 0.955 bits per heavy atom. The van der Waals surface area contributed by atoms with Gasteiger partial charge in [-0.3, -0.25) is 5.43 Å². The number of benzene rings is 2. The Labute approximate surface area is 139 Å². The molecule has 2 aromatic carbocycles. The number of hydrogen-bond donors (Lipinski definition) is 1. The lowest BCUT2D eigenvalue weighted by Gasteiger charge is -2.10. The molecule has 4 nitrogen and oxygen atoms in total. The molecule has 6 heteroatoms. The summed E-state index contributed by atoms with van der Waals surface area (Å²) in [6.45, 7) is 1.89. The van der Waals surface area contributed by atoms with Crippen LogP contribution in [0.5, 0.6) is 11.5 Å². The summed E-state index contributed by atoms with van der Waals surface area (Å²) >= 11 is 11.8. The molecule has 0 aromatic heterocycles. The summed E-state index contributed by atoms with van der Waals surface area (Å²) in [4.78, 5) is 0. The van der Waals surface area contributed by atoms with E-state index in [0.717, 1.165) is 17.0 Å². The van der Waals surface area contributed by atoms with E-state index in [4.69, 9.17) is 32.7 Å². The van der Waals surface area contributed by atoms with Crippen molar-refractivity contribution in [2.75, 3.05) is 19.6 Å². The first-order valence-corrected chi connectivity index (χ1v) is 7.28. The van der Waals surface area contributed by atoms with Gasteiger partial charge in [-0.15, -0.1) is 0 Å². The number of halogens is 2. The summed E-state index contributed by atoms with van der Waals surface area (Å²) in [6.07, 6.45) is 0. The predicted octanol–water partition coefficient (Wildman–Crippen LogP) is 4.85. The Morgan fingerprint density at radius 2 is 1.68 bits per heavy atom. The van der Waals surface area contributed by atoms with Crippen molar-refractivity contribution in [3.05, 3.63) is 52.0 Å². The molecule has 2 rings (SSSR count). The van der Waals surface area contributed by atoms with Crippen LogP contribution in [0.1, 0.15) is 12.5 Å². The molecule has 0 atom stereocenters. The zero-order chi connectivity index (χ0) is 16.1. The molecule has 116 valence electrons. The average molecular weight is 339 g/mol. The van der Waals surface area contributed by atoms with Gasteiger partial charge in [0.1, 0.15) is 0 Å². The van der Waals surface area contributed by atoms with Gasteiger partial charge in [0, 0.05) is 5.56 Å². The van der Waals surface area contributed by atoms with Gasteiger partial charge >= 0.3 is 0 Å². The van der Waals surface area contributed by atoms with Crippen molar-refractivity contribution in [2.24, 2.45) is 5.10 Å². The summed E-state index contributed by atoms with van der Waals surface area (Å²) in [5.41, 5.74) is 5.43. The standard InChI is InChI=1S/C16H16Cl2N2O2/c1-10(11-4-7-15(21-2)16(8-11)22-3)19-20-12-5-6-13(17)14(18)9-12/h4-9,20H,1-3H3/b19-10+. The second-order valence-electron chi connectivity index (χ2n) is 4.51. The number of rotatable bonds is 5. The average Bonchev–Trinajstić information content (AvgIpc) is 2.54. The Bertz CT molecular complexity index is 703. The lowest BCUT2D eigenvalue weighted by molar-refractivity contribution is 0.355. The second kappa shape index (κ2) is 7.38. The predicted molar refractivity (Wildman–Crippen MR) is 91.8 cm³/mol. The maximum absolute atomic E-state index is 5.97. The van der Waals surface area contributed by atoms with Crippen LogP contribution >= 0.6 is 23.2 Å². The molecule has 0 saturated heterocycles. The highest BCUT2D eigenvalue weighted by atomic mass is 35.5. The maximum Gasteiger partial charge on any atom is 0.161 e. The second-order valence-corrected chi connectivity index (χ2v) is 5.32. The third-order valence-electron chi connectivity index (χ3n) is 3.07. The molecule has 0 aliphatic rings. The van der Waals surface area contributed by atoms with Crippen LogP contribution in [0, 0.1) is 0 Å². The van der Waals surface area contributed by atoms with Gasteiger partial charge < -0.3 is 9.47 Å². The van der Waals surface area contributed by atoms with Crippen LogP contribution in [0.4, 0.5) is 5.69 Å². The Balaban J connectivity index is 2.19. The highest BCUT2D eigenvalue weighted by molar-refractivity contribution is 6.42. The van der Waals surface area contributed by atoms with Crippen molar-refractivity contribution in [2.45, 2.75) is 6.92 Å². The van der Waals surface area contributed by atoms with E-state index >= 15 is 0 Å². The molecule has 0 saturated carbocycles. The van der Waals surface area contributed by atoms with E-state index in [2.05, 4.69) is 10.5 Å². The number of ether oxygens (including phenoxy) is 2. The molecule has 0 radical (unpaired) electrons. The quantitative estimate of drug-likeness (QED) is 0.626. The van der Waals surface area contributed by atoms with Gasteiger partial charge in [0.25, 0.3) is 0 Å². The normalized spacial score (nSPS) is 11.2. The van der Waals surface area contributed by atoms with Crippen molar-refractivity contribution >= 4 is 34.6 Å². The lowest BCUT2D eigenvalue weighted by atomic mass is 10.1. The maximum atomic E-state index is 5.97. The molecule has 0 aliphatic heterocycles. The topological polar surface area (TPSA) is 42.8 Å². The van der Waals surface area contributed by atoms with Gasteiger partial charge in [0.2, 0.25) is 0 Å². The zero-order valence-electron chi connectivity index (χ0n) is 12.5. The third kappa shape index (κ3) is 3.84. The molecule has 0 amide bonds. The van der Waals surface area contributed by atoms with E-state index in [9.17, 15) is 0 Å². The van der Waals surface area contributed by atoms with Crippen LogP contribution in [0.25, 0.3) is 0 Å². The minimum absolute atomic E-state index is 0.477. The van der Waals surface area contributed by atoms with Crippen LogP contribution in [0.3, 0.4) is 0 Å². The molecule has 22 heavy (non-hydrogen) atoms. The van der Waals surface area contributed by atoms with Crippen molar-refractivity contribution in [3.63, 3.8) is 0 Å². The minimum atomic E-state index is 0.477. The van der Waals surface area contributed by atoms with Gasteiger partial charge in [-0.1, -0.05) is 23.2 Å². The highest BCUT2D eigenvalue weighted by Crippen LogP contribution is 2.28. The molecule has 2 aromatic rings. The number of methoxy groups -OCH3 is 2. The fourth-order valence-electron chi connectivity index (χ4n) is 1.84. The largest absolute Gasteiger partial charge is 0.493 e. The van der Waals surface area contributed by atoms with Crippen LogP contribution in [0.2, 0.25) is 10.0 Å².